The van der Waals surface area contributed by atoms with Crippen molar-refractivity contribution >= 4 is 44.9 Å². The van der Waals surface area contributed by atoms with E-state index in [-0.39, 0.29) is 10.6 Å². The molecular weight excluding hydrogens is 545 g/mol. The number of benzene rings is 3. The van der Waals surface area contributed by atoms with Crippen LogP contribution in [0.15, 0.2) is 71.6 Å². The molecule has 200 valence electrons. The second-order valence-electron chi connectivity index (χ2n) is 8.60. The van der Waals surface area contributed by atoms with E-state index in [1.165, 1.54) is 19.1 Å². The second-order valence-corrected chi connectivity index (χ2v) is 10.7. The van der Waals surface area contributed by atoms with Crippen LogP contribution < -0.4 is 9.62 Å². The summed E-state index contributed by atoms with van der Waals surface area (Å²) < 4.78 is 72.3. The summed E-state index contributed by atoms with van der Waals surface area (Å²) in [6.45, 7) is 1.89. The molecule has 1 aliphatic rings. The SMILES string of the molecule is CC(OC(=O)c1cccc(S(=O)(=O)Nc2cc(C(F)(F)F)ccc2Cl)c1)C(=O)N1CCCc2ccccc21. The highest BCUT2D eigenvalue weighted by atomic mass is 35.5. The zero-order chi connectivity index (χ0) is 27.7. The third kappa shape index (κ3) is 5.94. The number of amides is 1. The number of rotatable bonds is 6. The van der Waals surface area contributed by atoms with E-state index in [4.69, 9.17) is 16.3 Å². The molecule has 7 nitrogen and oxygen atoms in total. The first-order valence-electron chi connectivity index (χ1n) is 11.5. The summed E-state index contributed by atoms with van der Waals surface area (Å²) in [5.74, 6) is -1.36. The fourth-order valence-corrected chi connectivity index (χ4v) is 5.37. The molecule has 38 heavy (non-hydrogen) atoms. The van der Waals surface area contributed by atoms with Crippen LogP contribution in [0.25, 0.3) is 0 Å². The summed E-state index contributed by atoms with van der Waals surface area (Å²) in [6, 6.07) is 14.4. The van der Waals surface area contributed by atoms with Crippen LogP contribution in [0.1, 0.15) is 34.8 Å². The Morgan fingerprint density at radius 2 is 1.79 bits per heavy atom. The second kappa shape index (κ2) is 10.7. The Labute approximate surface area is 222 Å². The number of hydrogen-bond donors (Lipinski definition) is 1. The van der Waals surface area contributed by atoms with E-state index in [2.05, 4.69) is 0 Å². The maximum Gasteiger partial charge on any atom is 0.416 e. The van der Waals surface area contributed by atoms with Gasteiger partial charge in [-0.3, -0.25) is 9.52 Å². The Balaban J connectivity index is 1.50. The van der Waals surface area contributed by atoms with Crippen LogP contribution in [-0.4, -0.2) is 32.9 Å². The maximum absolute atomic E-state index is 13.1. The number of sulfonamides is 1. The van der Waals surface area contributed by atoms with Crippen molar-refractivity contribution in [3.8, 4) is 0 Å². The predicted molar refractivity (Wildman–Crippen MR) is 136 cm³/mol. The highest BCUT2D eigenvalue weighted by molar-refractivity contribution is 7.92. The average molecular weight is 567 g/mol. The fraction of sp³-hybridized carbons (Fsp3) is 0.231. The van der Waals surface area contributed by atoms with E-state index in [0.29, 0.717) is 12.6 Å². The largest absolute Gasteiger partial charge is 0.449 e. The minimum absolute atomic E-state index is 0.165. The quantitative estimate of drug-likeness (QED) is 0.387. The lowest BCUT2D eigenvalue weighted by Crippen LogP contribution is -2.42. The molecule has 0 saturated carbocycles. The van der Waals surface area contributed by atoms with Gasteiger partial charge in [-0.15, -0.1) is 0 Å². The number of nitrogens with one attached hydrogen (secondary N) is 1. The number of para-hydroxylation sites is 1. The number of nitrogens with zero attached hydrogens (tertiary/aromatic N) is 1. The van der Waals surface area contributed by atoms with Gasteiger partial charge in [0.15, 0.2) is 6.10 Å². The van der Waals surface area contributed by atoms with Crippen molar-refractivity contribution < 1.29 is 35.9 Å². The fourth-order valence-electron chi connectivity index (χ4n) is 4.03. The number of esters is 1. The molecule has 0 bridgehead atoms. The number of carbonyl (C=O) groups excluding carboxylic acids is 2. The van der Waals surface area contributed by atoms with Crippen LogP contribution >= 0.6 is 11.6 Å². The van der Waals surface area contributed by atoms with Crippen LogP contribution in [0.4, 0.5) is 24.5 Å². The molecule has 1 aliphatic heterocycles. The van der Waals surface area contributed by atoms with E-state index in [1.54, 1.807) is 4.90 Å². The molecule has 0 spiro atoms. The number of anilines is 2. The van der Waals surface area contributed by atoms with Gasteiger partial charge < -0.3 is 9.64 Å². The Morgan fingerprint density at radius 1 is 1.05 bits per heavy atom. The molecule has 4 rings (SSSR count). The summed E-state index contributed by atoms with van der Waals surface area (Å²) >= 11 is 5.90. The molecule has 0 fully saturated rings. The van der Waals surface area contributed by atoms with E-state index < -0.39 is 50.3 Å². The molecule has 0 radical (unpaired) electrons. The number of ether oxygens (including phenoxy) is 1. The monoisotopic (exact) mass is 566 g/mol. The van der Waals surface area contributed by atoms with Crippen molar-refractivity contribution in [2.75, 3.05) is 16.2 Å². The van der Waals surface area contributed by atoms with Gasteiger partial charge in [-0.25, -0.2) is 13.2 Å². The van der Waals surface area contributed by atoms with Gasteiger partial charge in [0.25, 0.3) is 15.9 Å². The molecule has 1 unspecified atom stereocenters. The van der Waals surface area contributed by atoms with Crippen molar-refractivity contribution in [1.29, 1.82) is 0 Å². The van der Waals surface area contributed by atoms with Crippen LogP contribution in [-0.2, 0) is 32.2 Å². The first-order valence-corrected chi connectivity index (χ1v) is 13.3. The normalized spacial score (nSPS) is 14.4. The first kappa shape index (κ1) is 27.5. The Kier molecular flexibility index (Phi) is 7.70. The highest BCUT2D eigenvalue weighted by Crippen LogP contribution is 2.35. The average Bonchev–Trinajstić information content (AvgIpc) is 2.88. The van der Waals surface area contributed by atoms with Crippen LogP contribution in [0.2, 0.25) is 5.02 Å². The number of carbonyl (C=O) groups is 2. The number of fused-ring (bicyclic) bond motifs is 1. The lowest BCUT2D eigenvalue weighted by atomic mass is 10.0. The topological polar surface area (TPSA) is 92.8 Å². The number of hydrogen-bond acceptors (Lipinski definition) is 5. The Hall–Kier alpha value is -3.57. The first-order chi connectivity index (χ1) is 17.9. The number of alkyl halides is 3. The van der Waals surface area contributed by atoms with Crippen molar-refractivity contribution in [3.63, 3.8) is 0 Å². The molecule has 0 aliphatic carbocycles. The van der Waals surface area contributed by atoms with Gasteiger partial charge >= 0.3 is 12.1 Å². The lowest BCUT2D eigenvalue weighted by molar-refractivity contribution is -0.137. The van der Waals surface area contributed by atoms with Gasteiger partial charge in [-0.1, -0.05) is 35.9 Å². The number of aryl methyl sites for hydroxylation is 1. The summed E-state index contributed by atoms with van der Waals surface area (Å²) in [7, 11) is -4.43. The minimum Gasteiger partial charge on any atom is -0.449 e. The zero-order valence-corrected chi connectivity index (χ0v) is 21.5. The molecule has 1 heterocycles. The van der Waals surface area contributed by atoms with Gasteiger partial charge in [0, 0.05) is 12.2 Å². The van der Waals surface area contributed by atoms with Crippen LogP contribution in [0, 0.1) is 0 Å². The highest BCUT2D eigenvalue weighted by Gasteiger charge is 2.32. The van der Waals surface area contributed by atoms with Gasteiger partial charge in [-0.05, 0) is 67.8 Å². The molecule has 1 atom stereocenters. The van der Waals surface area contributed by atoms with Crippen LogP contribution in [0.3, 0.4) is 0 Å². The van der Waals surface area contributed by atoms with Gasteiger partial charge in [0.1, 0.15) is 0 Å². The third-order valence-corrected chi connectivity index (χ3v) is 7.62. The van der Waals surface area contributed by atoms with Crippen molar-refractivity contribution in [2.24, 2.45) is 0 Å². The summed E-state index contributed by atoms with van der Waals surface area (Å²) in [4.78, 5) is 27.0. The molecule has 0 saturated heterocycles. The predicted octanol–water partition coefficient (Wildman–Crippen LogP) is 5.68. The zero-order valence-electron chi connectivity index (χ0n) is 20.0. The Morgan fingerprint density at radius 3 is 2.53 bits per heavy atom. The van der Waals surface area contributed by atoms with Crippen molar-refractivity contribution in [1.82, 2.24) is 0 Å². The lowest BCUT2D eigenvalue weighted by Gasteiger charge is -2.31. The number of halogens is 4. The standard InChI is InChI=1S/C26H22ClF3N2O5S/c1-16(24(33)32-13-5-8-17-6-2-3-10-23(17)32)37-25(34)18-7-4-9-20(14-18)38(35,36)31-22-15-19(26(28,29)30)11-12-21(22)27/h2-4,6-7,9-12,14-16,31H,5,8,13H2,1H3. The van der Waals surface area contributed by atoms with Crippen molar-refractivity contribution in [3.05, 3.63) is 88.4 Å². The van der Waals surface area contributed by atoms with E-state index in [0.717, 1.165) is 48.4 Å². The van der Waals surface area contributed by atoms with E-state index in [9.17, 15) is 31.2 Å². The van der Waals surface area contributed by atoms with Crippen LogP contribution in [0.5, 0.6) is 0 Å². The van der Waals surface area contributed by atoms with Gasteiger partial charge in [0.05, 0.1) is 26.7 Å². The molecule has 12 heteroatoms. The molecular formula is C26H22ClF3N2O5S. The van der Waals surface area contributed by atoms with Gasteiger partial charge in [-0.2, -0.15) is 13.2 Å². The summed E-state index contributed by atoms with van der Waals surface area (Å²) in [6.07, 6.45) is -4.28. The third-order valence-electron chi connectivity index (χ3n) is 5.93. The molecule has 3 aromatic rings. The molecule has 0 aromatic heterocycles. The molecule has 3 aromatic carbocycles. The van der Waals surface area contributed by atoms with Gasteiger partial charge in [0.2, 0.25) is 0 Å². The smallest absolute Gasteiger partial charge is 0.416 e. The van der Waals surface area contributed by atoms with E-state index >= 15 is 0 Å². The van der Waals surface area contributed by atoms with Crippen molar-refractivity contribution in [2.45, 2.75) is 36.9 Å². The maximum atomic E-state index is 13.1. The molecule has 1 amide bonds. The summed E-state index contributed by atoms with van der Waals surface area (Å²) in [5, 5.41) is -0.247. The Bertz CT molecular complexity index is 1490. The van der Waals surface area contributed by atoms with E-state index in [1.807, 2.05) is 29.0 Å². The minimum atomic E-state index is -4.71. The molecule has 1 N–H and O–H groups in total. The summed E-state index contributed by atoms with van der Waals surface area (Å²) in [5.41, 5.74) is 0.0279.